The van der Waals surface area contributed by atoms with Crippen molar-refractivity contribution in [1.29, 1.82) is 0 Å². The first-order valence-electron chi connectivity index (χ1n) is 28.2. The summed E-state index contributed by atoms with van der Waals surface area (Å²) in [5.41, 5.74) is 0. The van der Waals surface area contributed by atoms with Crippen molar-refractivity contribution < 1.29 is 204 Å². The summed E-state index contributed by atoms with van der Waals surface area (Å²) in [6.45, 7) is -8.07. The summed E-state index contributed by atoms with van der Waals surface area (Å²) < 4.78 is 83.4. The zero-order valence-corrected chi connectivity index (χ0v) is 46.5. The molecule has 520 valence electrons. The molecule has 0 saturated carbocycles. The first-order valence-corrected chi connectivity index (χ1v) is 28.2. The highest BCUT2D eigenvalue weighted by atomic mass is 16.8. The summed E-state index contributed by atoms with van der Waals surface area (Å²) in [6, 6.07) is 0. The lowest BCUT2D eigenvalue weighted by Crippen LogP contribution is -2.68. The topological polar surface area (TPSA) is 664 Å². The Morgan fingerprint density at radius 1 is 0.169 bits per heavy atom. The lowest BCUT2D eigenvalue weighted by molar-refractivity contribution is -0.399. The van der Waals surface area contributed by atoms with Gasteiger partial charge < -0.3 is 204 Å². The van der Waals surface area contributed by atoms with E-state index in [0.717, 1.165) is 0 Å². The Kier molecular flexibility index (Phi) is 25.9. The molecule has 8 aliphatic heterocycles. The first kappa shape index (κ1) is 73.2. The van der Waals surface area contributed by atoms with Crippen LogP contribution in [-0.2, 0) is 71.1 Å². The summed E-state index contributed by atoms with van der Waals surface area (Å²) in [7, 11) is 0. The molecular weight excluding hydrogens is 1230 g/mol. The van der Waals surface area contributed by atoms with Crippen LogP contribution in [0.5, 0.6) is 0 Å². The van der Waals surface area contributed by atoms with Crippen molar-refractivity contribution in [3.8, 4) is 0 Å². The van der Waals surface area contributed by atoms with Crippen molar-refractivity contribution in [3.05, 3.63) is 0 Å². The zero-order chi connectivity index (χ0) is 65.4. The quantitative estimate of drug-likeness (QED) is 0.0479. The monoisotopic (exact) mass is 1310 g/mol. The molecule has 41 heteroatoms. The van der Waals surface area contributed by atoms with Gasteiger partial charge in [0.05, 0.1) is 52.9 Å². The summed E-state index contributed by atoms with van der Waals surface area (Å²) in [4.78, 5) is 0. The predicted molar refractivity (Wildman–Crippen MR) is 264 cm³/mol. The van der Waals surface area contributed by atoms with E-state index in [0.29, 0.717) is 0 Å². The fourth-order valence-corrected chi connectivity index (χ4v) is 11.5. The van der Waals surface area contributed by atoms with E-state index in [4.69, 9.17) is 71.1 Å². The molecule has 26 N–H and O–H groups in total. The van der Waals surface area contributed by atoms with Crippen LogP contribution in [0.15, 0.2) is 0 Å². The third-order valence-electron chi connectivity index (χ3n) is 16.7. The maximum atomic E-state index is 11.4. The average Bonchev–Trinajstić information content (AvgIpc) is 1.20. The Morgan fingerprint density at radius 2 is 0.326 bits per heavy atom. The molecule has 0 aromatic carbocycles. The van der Waals surface area contributed by atoms with Crippen LogP contribution in [-0.4, -0.2) is 431 Å². The Labute approximate surface area is 501 Å². The van der Waals surface area contributed by atoms with Crippen molar-refractivity contribution in [2.45, 2.75) is 246 Å². The van der Waals surface area contributed by atoms with E-state index in [-0.39, 0.29) is 0 Å². The Balaban J connectivity index is 0.850. The molecule has 0 unspecified atom stereocenters. The molecule has 0 aromatic heterocycles. The molecule has 8 rings (SSSR count). The van der Waals surface area contributed by atoms with E-state index in [1.54, 1.807) is 0 Å². The van der Waals surface area contributed by atoms with Gasteiger partial charge in [0, 0.05) is 0 Å². The van der Waals surface area contributed by atoms with Crippen molar-refractivity contribution in [2.24, 2.45) is 0 Å². The first-order chi connectivity index (χ1) is 42.2. The molecular formula is C48H82O41. The van der Waals surface area contributed by atoms with Gasteiger partial charge in [-0.1, -0.05) is 0 Å². The highest BCUT2D eigenvalue weighted by Gasteiger charge is 2.59. The van der Waals surface area contributed by atoms with Gasteiger partial charge in [-0.25, -0.2) is 0 Å². The van der Waals surface area contributed by atoms with Crippen LogP contribution < -0.4 is 0 Å². The standard InChI is InChI=1S/C48H82O41/c49-1-9-17(57)18(58)27(67)42(76-9)84-35-11(3-51)78-44(29(69)20(35)60)86-37-13(5-53)80-46(31(71)22(37)62)88-39-15(7-55)82-48(33(73)24(39)64)89-40-16(8-56)81-47(32(72)25(40)65)87-38-14(6-54)79-45(30(70)23(38)63)85-36-12(4-52)77-43(28(68)21(36)61)83-34-10(2-50)75-41(74)26(66)19(34)59/h9-74H,1-8H2/t9-,10-,11-,12-,13-,14-,15-,16-,17-,18+,19-,20-,21-,22-,23-,24-,25-,26-,27-,28-,29-,30-,31-,32-,33-,34-,35-,36-,37-,38-,39-,40-,41+,42-,43-,44-,45-,46-,47-,48-/m1/s1. The Hall–Kier alpha value is -1.64. The van der Waals surface area contributed by atoms with Gasteiger partial charge in [0.1, 0.15) is 195 Å². The molecule has 0 bridgehead atoms. The van der Waals surface area contributed by atoms with Crippen molar-refractivity contribution in [1.82, 2.24) is 0 Å². The molecule has 89 heavy (non-hydrogen) atoms. The summed E-state index contributed by atoms with van der Waals surface area (Å²) in [5.74, 6) is 0. The van der Waals surface area contributed by atoms with E-state index in [9.17, 15) is 133 Å². The zero-order valence-electron chi connectivity index (χ0n) is 46.5. The second-order valence-electron chi connectivity index (χ2n) is 22.4. The molecule has 0 amide bonds. The number of ether oxygens (including phenoxy) is 15. The maximum absolute atomic E-state index is 11.4. The lowest BCUT2D eigenvalue weighted by Gasteiger charge is -2.50. The minimum atomic E-state index is -2.26. The van der Waals surface area contributed by atoms with Gasteiger partial charge in [-0.15, -0.1) is 0 Å². The van der Waals surface area contributed by atoms with Crippen LogP contribution in [0.1, 0.15) is 0 Å². The van der Waals surface area contributed by atoms with Crippen LogP contribution >= 0.6 is 0 Å². The van der Waals surface area contributed by atoms with Crippen molar-refractivity contribution in [3.63, 3.8) is 0 Å². The average molecular weight is 1320 g/mol. The number of hydrogen-bond donors (Lipinski definition) is 26. The minimum Gasteiger partial charge on any atom is -0.394 e. The predicted octanol–water partition coefficient (Wildman–Crippen LogP) is -18.5. The fourth-order valence-electron chi connectivity index (χ4n) is 11.5. The molecule has 40 atom stereocenters. The van der Waals surface area contributed by atoms with Crippen LogP contribution in [0.2, 0.25) is 0 Å². The van der Waals surface area contributed by atoms with Gasteiger partial charge in [-0.05, 0) is 0 Å². The summed E-state index contributed by atoms with van der Waals surface area (Å²) >= 11 is 0. The molecule has 0 aliphatic carbocycles. The molecule has 0 aromatic rings. The van der Waals surface area contributed by atoms with Gasteiger partial charge in [0.2, 0.25) is 0 Å². The Morgan fingerprint density at radius 3 is 0.517 bits per heavy atom. The highest BCUT2D eigenvalue weighted by molar-refractivity contribution is 5.02. The molecule has 41 nitrogen and oxygen atoms in total. The van der Waals surface area contributed by atoms with E-state index < -0.39 is 299 Å². The molecule has 8 aliphatic rings. The van der Waals surface area contributed by atoms with Crippen LogP contribution in [0, 0.1) is 0 Å². The van der Waals surface area contributed by atoms with Crippen LogP contribution in [0.4, 0.5) is 0 Å². The lowest BCUT2D eigenvalue weighted by atomic mass is 9.95. The van der Waals surface area contributed by atoms with Gasteiger partial charge in [-0.3, -0.25) is 0 Å². The molecule has 0 radical (unpaired) electrons. The van der Waals surface area contributed by atoms with E-state index in [2.05, 4.69) is 0 Å². The number of aliphatic hydroxyl groups excluding tert-OH is 26. The van der Waals surface area contributed by atoms with Gasteiger partial charge >= 0.3 is 0 Å². The smallest absolute Gasteiger partial charge is 0.187 e. The van der Waals surface area contributed by atoms with Crippen molar-refractivity contribution >= 4 is 0 Å². The molecule has 8 saturated heterocycles. The molecule has 8 fully saturated rings. The van der Waals surface area contributed by atoms with Gasteiger partial charge in [0.25, 0.3) is 0 Å². The number of hydrogen-bond acceptors (Lipinski definition) is 41. The normalized spacial score (nSPS) is 53.6. The largest absolute Gasteiger partial charge is 0.394 e. The van der Waals surface area contributed by atoms with Crippen LogP contribution in [0.25, 0.3) is 0 Å². The van der Waals surface area contributed by atoms with Gasteiger partial charge in [-0.2, -0.15) is 0 Å². The van der Waals surface area contributed by atoms with Gasteiger partial charge in [0.15, 0.2) is 50.3 Å². The van der Waals surface area contributed by atoms with Crippen LogP contribution in [0.3, 0.4) is 0 Å². The highest BCUT2D eigenvalue weighted by Crippen LogP contribution is 2.39. The van der Waals surface area contributed by atoms with E-state index >= 15 is 0 Å². The third-order valence-corrected chi connectivity index (χ3v) is 16.7. The SMILES string of the molecule is OC[C@H]1O[C@H](O[C@H]2[C@H](O)[C@@H](O)[C@@H](O[C@H]3[C@H](O)[C@@H](O)[C@@H](O[C@H]4[C@H](O)[C@@H](O)[C@@H](O[C@H]5[C@H](O)[C@@H](O)[C@@H](O[C@H]6[C@H](O)[C@@H](O)[C@@H](O[C@H]7[C@H](O)[C@@H](O)[C@@H](O[C@H]8[C@H](O)[C@@H](O)[C@@H](O)O[C@@H]8CO)O[C@@H]7CO)O[C@@H]6CO)O[C@@H]5CO)O[C@@H]4CO)O[C@@H]3CO)O[C@@H]2CO)[C@H](O)[C@@H](O)[C@@H]1O. The molecule has 8 heterocycles. The summed E-state index contributed by atoms with van der Waals surface area (Å²) in [5, 5.41) is 277. The second kappa shape index (κ2) is 31.5. The molecule has 0 spiro atoms. The van der Waals surface area contributed by atoms with Crippen molar-refractivity contribution in [2.75, 3.05) is 52.9 Å². The Bertz CT molecular complexity index is 2120. The number of rotatable bonds is 22. The van der Waals surface area contributed by atoms with E-state index in [1.165, 1.54) is 0 Å². The summed E-state index contributed by atoms with van der Waals surface area (Å²) in [6.07, 6.45) is -78.4. The fraction of sp³-hybridized carbons (Fsp3) is 1.00. The van der Waals surface area contributed by atoms with E-state index in [1.807, 2.05) is 0 Å². The maximum Gasteiger partial charge on any atom is 0.187 e. The second-order valence-corrected chi connectivity index (χ2v) is 22.4. The minimum absolute atomic E-state index is 0.854. The third kappa shape index (κ3) is 15.0. The number of aliphatic hydroxyl groups is 26.